The van der Waals surface area contributed by atoms with E-state index in [0.717, 1.165) is 12.2 Å². The molecule has 0 amide bonds. The summed E-state index contributed by atoms with van der Waals surface area (Å²) < 4.78 is 24.3. The molecule has 0 spiro atoms. The van der Waals surface area contributed by atoms with Gasteiger partial charge in [0, 0.05) is 25.0 Å². The largest absolute Gasteiger partial charge is 0.314 e. The molecule has 1 rings (SSSR count). The van der Waals surface area contributed by atoms with Gasteiger partial charge in [-0.15, -0.1) is 0 Å². The predicted molar refractivity (Wildman–Crippen MR) is 63.9 cm³/mol. The Bertz CT molecular complexity index is 411. The molecule has 0 atom stereocenters. The van der Waals surface area contributed by atoms with E-state index in [-0.39, 0.29) is 11.5 Å². The lowest BCUT2D eigenvalue weighted by Gasteiger charge is -2.02. The zero-order valence-corrected chi connectivity index (χ0v) is 10.6. The van der Waals surface area contributed by atoms with Gasteiger partial charge in [-0.2, -0.15) is 5.10 Å². The summed E-state index contributed by atoms with van der Waals surface area (Å²) in [6, 6.07) is 1.94. The second-order valence-electron chi connectivity index (χ2n) is 3.69. The Morgan fingerprint density at radius 1 is 1.50 bits per heavy atom. The van der Waals surface area contributed by atoms with Gasteiger partial charge < -0.3 is 5.32 Å². The summed E-state index contributed by atoms with van der Waals surface area (Å²) in [5.74, 6) is 0.460. The van der Waals surface area contributed by atoms with Crippen molar-refractivity contribution in [2.24, 2.45) is 0 Å². The Labute approximate surface area is 96.8 Å². The van der Waals surface area contributed by atoms with Crippen LogP contribution in [0.15, 0.2) is 12.3 Å². The van der Waals surface area contributed by atoms with Crippen molar-refractivity contribution < 1.29 is 8.42 Å². The molecule has 0 saturated heterocycles. The zero-order valence-electron chi connectivity index (χ0n) is 9.81. The molecule has 16 heavy (non-hydrogen) atoms. The van der Waals surface area contributed by atoms with Crippen LogP contribution in [0.5, 0.6) is 0 Å². The van der Waals surface area contributed by atoms with Crippen molar-refractivity contribution in [1.29, 1.82) is 0 Å². The van der Waals surface area contributed by atoms with Gasteiger partial charge in [-0.1, -0.05) is 6.92 Å². The molecule has 0 bridgehead atoms. The van der Waals surface area contributed by atoms with Crippen LogP contribution in [0.1, 0.15) is 19.0 Å². The number of sulfone groups is 1. The van der Waals surface area contributed by atoms with Crippen molar-refractivity contribution in [2.75, 3.05) is 18.6 Å². The molecule has 1 aromatic rings. The first-order valence-corrected chi connectivity index (χ1v) is 7.27. The molecular formula is C10H19N3O2S. The summed E-state index contributed by atoms with van der Waals surface area (Å²) >= 11 is 0. The minimum atomic E-state index is -2.85. The van der Waals surface area contributed by atoms with Crippen molar-refractivity contribution in [3.05, 3.63) is 18.0 Å². The van der Waals surface area contributed by atoms with Gasteiger partial charge in [0.25, 0.3) is 0 Å². The molecule has 0 aliphatic heterocycles. The fourth-order valence-corrected chi connectivity index (χ4v) is 2.25. The number of nitrogens with one attached hydrogen (secondary N) is 1. The van der Waals surface area contributed by atoms with Gasteiger partial charge >= 0.3 is 0 Å². The number of hydrogen-bond donors (Lipinski definition) is 1. The van der Waals surface area contributed by atoms with E-state index in [2.05, 4.69) is 10.4 Å². The quantitative estimate of drug-likeness (QED) is 0.756. The van der Waals surface area contributed by atoms with Gasteiger partial charge in [-0.05, 0) is 19.5 Å². The van der Waals surface area contributed by atoms with E-state index in [0.29, 0.717) is 13.0 Å². The van der Waals surface area contributed by atoms with Crippen molar-refractivity contribution in [3.63, 3.8) is 0 Å². The van der Waals surface area contributed by atoms with Crippen LogP contribution in [0, 0.1) is 0 Å². The summed E-state index contributed by atoms with van der Waals surface area (Å²) in [5, 5.41) is 7.32. The maximum atomic E-state index is 11.3. The van der Waals surface area contributed by atoms with Crippen LogP contribution in [-0.4, -0.2) is 36.8 Å². The maximum absolute atomic E-state index is 11.3. The van der Waals surface area contributed by atoms with E-state index in [4.69, 9.17) is 0 Å². The number of rotatable bonds is 7. The Kier molecular flexibility index (Phi) is 4.95. The molecule has 0 radical (unpaired) electrons. The average molecular weight is 245 g/mol. The summed E-state index contributed by atoms with van der Waals surface area (Å²) in [6.07, 6.45) is 2.50. The van der Waals surface area contributed by atoms with E-state index in [9.17, 15) is 8.42 Å². The highest BCUT2D eigenvalue weighted by atomic mass is 32.2. The third-order valence-electron chi connectivity index (χ3n) is 2.34. The molecule has 0 aliphatic carbocycles. The predicted octanol–water partition coefficient (Wildman–Crippen LogP) is 0.427. The topological polar surface area (TPSA) is 64.0 Å². The minimum absolute atomic E-state index is 0.219. The molecule has 1 aromatic heterocycles. The standard InChI is InChI=1S/C10H19N3O2S/c1-3-16(14,15)8-4-6-13-7-5-10(12-13)9-11-2/h5,7,11H,3-4,6,8-9H2,1-2H3. The van der Waals surface area contributed by atoms with Crippen LogP contribution >= 0.6 is 0 Å². The molecule has 5 nitrogen and oxygen atoms in total. The van der Waals surface area contributed by atoms with E-state index >= 15 is 0 Å². The molecule has 1 N–H and O–H groups in total. The van der Waals surface area contributed by atoms with Crippen LogP contribution in [0.4, 0.5) is 0 Å². The van der Waals surface area contributed by atoms with Crippen LogP contribution in [0.2, 0.25) is 0 Å². The van der Waals surface area contributed by atoms with E-state index in [1.165, 1.54) is 0 Å². The highest BCUT2D eigenvalue weighted by molar-refractivity contribution is 7.91. The second kappa shape index (κ2) is 6.00. The van der Waals surface area contributed by atoms with Gasteiger partial charge in [0.15, 0.2) is 0 Å². The molecule has 0 fully saturated rings. The highest BCUT2D eigenvalue weighted by Crippen LogP contribution is 1.99. The van der Waals surface area contributed by atoms with Gasteiger partial charge in [0.2, 0.25) is 0 Å². The third-order valence-corrected chi connectivity index (χ3v) is 4.13. The molecular weight excluding hydrogens is 226 g/mol. The fraction of sp³-hybridized carbons (Fsp3) is 0.700. The first-order chi connectivity index (χ1) is 7.57. The summed E-state index contributed by atoms with van der Waals surface area (Å²) in [5.41, 5.74) is 0.973. The molecule has 92 valence electrons. The fourth-order valence-electron chi connectivity index (χ4n) is 1.39. The number of nitrogens with zero attached hydrogens (tertiary/aromatic N) is 2. The number of hydrogen-bond acceptors (Lipinski definition) is 4. The van der Waals surface area contributed by atoms with Crippen LogP contribution in [0.3, 0.4) is 0 Å². The van der Waals surface area contributed by atoms with Crippen LogP contribution in [-0.2, 0) is 22.9 Å². The van der Waals surface area contributed by atoms with Crippen molar-refractivity contribution in [3.8, 4) is 0 Å². The van der Waals surface area contributed by atoms with Crippen LogP contribution < -0.4 is 5.32 Å². The van der Waals surface area contributed by atoms with E-state index in [1.807, 2.05) is 19.3 Å². The van der Waals surface area contributed by atoms with Gasteiger partial charge in [-0.3, -0.25) is 4.68 Å². The molecule has 0 aliphatic rings. The highest BCUT2D eigenvalue weighted by Gasteiger charge is 2.06. The molecule has 0 unspecified atom stereocenters. The summed E-state index contributed by atoms with van der Waals surface area (Å²) in [6.45, 7) is 3.07. The Hall–Kier alpha value is -0.880. The lowest BCUT2D eigenvalue weighted by atomic mass is 10.4. The molecule has 0 saturated carbocycles. The lowest BCUT2D eigenvalue weighted by Crippen LogP contribution is -2.12. The summed E-state index contributed by atoms with van der Waals surface area (Å²) in [7, 11) is -0.979. The second-order valence-corrected chi connectivity index (χ2v) is 6.16. The first kappa shape index (κ1) is 13.2. The number of aromatic nitrogens is 2. The van der Waals surface area contributed by atoms with Crippen LogP contribution in [0.25, 0.3) is 0 Å². The lowest BCUT2D eigenvalue weighted by molar-refractivity contribution is 0.568. The van der Waals surface area contributed by atoms with E-state index in [1.54, 1.807) is 11.6 Å². The van der Waals surface area contributed by atoms with E-state index < -0.39 is 9.84 Å². The van der Waals surface area contributed by atoms with Gasteiger partial charge in [0.05, 0.1) is 11.4 Å². The Morgan fingerprint density at radius 2 is 2.25 bits per heavy atom. The molecule has 1 heterocycles. The Balaban J connectivity index is 2.37. The van der Waals surface area contributed by atoms with Gasteiger partial charge in [-0.25, -0.2) is 8.42 Å². The maximum Gasteiger partial charge on any atom is 0.150 e. The average Bonchev–Trinajstić information content (AvgIpc) is 2.66. The SMILES string of the molecule is CCS(=O)(=O)CCCn1ccc(CNC)n1. The zero-order chi connectivity index (χ0) is 12.0. The summed E-state index contributed by atoms with van der Waals surface area (Å²) in [4.78, 5) is 0. The monoisotopic (exact) mass is 245 g/mol. The molecule has 6 heteroatoms. The van der Waals surface area contributed by atoms with Crippen molar-refractivity contribution in [1.82, 2.24) is 15.1 Å². The normalized spacial score (nSPS) is 11.9. The minimum Gasteiger partial charge on any atom is -0.314 e. The molecule has 0 aromatic carbocycles. The Morgan fingerprint density at radius 3 is 2.88 bits per heavy atom. The third kappa shape index (κ3) is 4.32. The van der Waals surface area contributed by atoms with Crippen molar-refractivity contribution >= 4 is 9.84 Å². The first-order valence-electron chi connectivity index (χ1n) is 5.44. The number of aryl methyl sites for hydroxylation is 1. The smallest absolute Gasteiger partial charge is 0.150 e. The van der Waals surface area contributed by atoms with Gasteiger partial charge in [0.1, 0.15) is 9.84 Å². The van der Waals surface area contributed by atoms with Crippen molar-refractivity contribution in [2.45, 2.75) is 26.4 Å².